The van der Waals surface area contributed by atoms with Gasteiger partial charge in [-0.1, -0.05) is 32.0 Å². The molecule has 3 aromatic rings. The zero-order valence-corrected chi connectivity index (χ0v) is 14.0. The van der Waals surface area contributed by atoms with Gasteiger partial charge in [-0.2, -0.15) is 0 Å². The maximum atomic E-state index is 12.4. The summed E-state index contributed by atoms with van der Waals surface area (Å²) >= 11 is 0. The number of benzene rings is 1. The van der Waals surface area contributed by atoms with Crippen molar-refractivity contribution in [3.8, 4) is 17.3 Å². The van der Waals surface area contributed by atoms with Crippen LogP contribution in [-0.4, -0.2) is 5.97 Å². The van der Waals surface area contributed by atoms with Crippen LogP contribution >= 0.6 is 0 Å². The third kappa shape index (κ3) is 2.73. The molecule has 0 amide bonds. The fourth-order valence-electron chi connectivity index (χ4n) is 2.72. The number of hydrogen-bond donors (Lipinski definition) is 0. The van der Waals surface area contributed by atoms with Gasteiger partial charge < -0.3 is 13.6 Å². The zero-order chi connectivity index (χ0) is 17.4. The highest BCUT2D eigenvalue weighted by molar-refractivity contribution is 5.82. The SMILES string of the molecule is CC(=O)Oc1c(C)c(-c2cc3ccccc3o2)oc(=O)c1C(C)C. The minimum absolute atomic E-state index is 0.140. The van der Waals surface area contributed by atoms with Gasteiger partial charge in [-0.15, -0.1) is 0 Å². The Morgan fingerprint density at radius 1 is 1.17 bits per heavy atom. The monoisotopic (exact) mass is 326 g/mol. The van der Waals surface area contributed by atoms with Crippen LogP contribution < -0.4 is 10.4 Å². The Bertz CT molecular complexity index is 942. The van der Waals surface area contributed by atoms with E-state index < -0.39 is 11.6 Å². The number of esters is 1. The molecule has 0 N–H and O–H groups in total. The number of fused-ring (bicyclic) bond motifs is 1. The van der Waals surface area contributed by atoms with E-state index in [9.17, 15) is 9.59 Å². The summed E-state index contributed by atoms with van der Waals surface area (Å²) in [6, 6.07) is 9.31. The van der Waals surface area contributed by atoms with Crippen molar-refractivity contribution in [3.05, 3.63) is 51.9 Å². The Morgan fingerprint density at radius 3 is 2.50 bits per heavy atom. The number of ether oxygens (including phenoxy) is 1. The van der Waals surface area contributed by atoms with Gasteiger partial charge in [-0.3, -0.25) is 4.79 Å². The molecule has 0 aliphatic carbocycles. The third-order valence-electron chi connectivity index (χ3n) is 3.81. The molecule has 0 spiro atoms. The van der Waals surface area contributed by atoms with Gasteiger partial charge in [0.05, 0.1) is 5.56 Å². The smallest absolute Gasteiger partial charge is 0.343 e. The summed E-state index contributed by atoms with van der Waals surface area (Å²) in [5.41, 5.74) is 1.08. The first-order chi connectivity index (χ1) is 11.4. The Labute approximate surface area is 138 Å². The molecule has 0 bridgehead atoms. The van der Waals surface area contributed by atoms with Gasteiger partial charge in [-0.25, -0.2) is 4.79 Å². The van der Waals surface area contributed by atoms with Crippen LogP contribution in [0.25, 0.3) is 22.5 Å². The molecule has 0 radical (unpaired) electrons. The van der Waals surface area contributed by atoms with Gasteiger partial charge in [0, 0.05) is 17.9 Å². The lowest BCUT2D eigenvalue weighted by atomic mass is 10.0. The van der Waals surface area contributed by atoms with Gasteiger partial charge in [0.25, 0.3) is 0 Å². The van der Waals surface area contributed by atoms with Crippen molar-refractivity contribution in [2.45, 2.75) is 33.6 Å². The molecule has 24 heavy (non-hydrogen) atoms. The molecule has 1 aromatic carbocycles. The molecule has 0 atom stereocenters. The van der Waals surface area contributed by atoms with Crippen molar-refractivity contribution in [2.24, 2.45) is 0 Å². The number of para-hydroxylation sites is 1. The first-order valence-corrected chi connectivity index (χ1v) is 7.73. The van der Waals surface area contributed by atoms with E-state index in [-0.39, 0.29) is 17.4 Å². The van der Waals surface area contributed by atoms with E-state index in [0.29, 0.717) is 22.5 Å². The number of hydrogen-bond acceptors (Lipinski definition) is 5. The second-order valence-electron chi connectivity index (χ2n) is 5.98. The minimum Gasteiger partial charge on any atom is -0.453 e. The number of carbonyl (C=O) groups is 1. The fraction of sp³-hybridized carbons (Fsp3) is 0.263. The quantitative estimate of drug-likeness (QED) is 0.667. The van der Waals surface area contributed by atoms with E-state index >= 15 is 0 Å². The van der Waals surface area contributed by atoms with Gasteiger partial charge in [0.1, 0.15) is 11.3 Å². The van der Waals surface area contributed by atoms with Crippen molar-refractivity contribution < 1.29 is 18.4 Å². The molecule has 0 unspecified atom stereocenters. The molecule has 0 aliphatic heterocycles. The van der Waals surface area contributed by atoms with Crippen LogP contribution in [0.3, 0.4) is 0 Å². The average molecular weight is 326 g/mol. The molecule has 0 saturated heterocycles. The van der Waals surface area contributed by atoms with Gasteiger partial charge in [0.2, 0.25) is 0 Å². The third-order valence-corrected chi connectivity index (χ3v) is 3.81. The molecular formula is C19H18O5. The first kappa shape index (κ1) is 16.1. The molecule has 5 nitrogen and oxygen atoms in total. The minimum atomic E-state index is -0.526. The lowest BCUT2D eigenvalue weighted by Gasteiger charge is -2.14. The molecular weight excluding hydrogens is 308 g/mol. The second kappa shape index (κ2) is 6.00. The van der Waals surface area contributed by atoms with Crippen LogP contribution in [0.4, 0.5) is 0 Å². The fourth-order valence-corrected chi connectivity index (χ4v) is 2.72. The predicted octanol–water partition coefficient (Wildman–Crippen LogP) is 4.41. The Morgan fingerprint density at radius 2 is 1.88 bits per heavy atom. The summed E-state index contributed by atoms with van der Waals surface area (Å²) < 4.78 is 16.6. The summed E-state index contributed by atoms with van der Waals surface area (Å²) in [5, 5.41) is 0.900. The molecule has 2 heterocycles. The Hall–Kier alpha value is -2.82. The highest BCUT2D eigenvalue weighted by Gasteiger charge is 2.24. The first-order valence-electron chi connectivity index (χ1n) is 7.73. The van der Waals surface area contributed by atoms with Crippen LogP contribution in [-0.2, 0) is 4.79 Å². The maximum absolute atomic E-state index is 12.4. The summed E-state index contributed by atoms with van der Waals surface area (Å²) in [7, 11) is 0. The van der Waals surface area contributed by atoms with E-state index in [0.717, 1.165) is 5.39 Å². The predicted molar refractivity (Wildman–Crippen MR) is 90.3 cm³/mol. The van der Waals surface area contributed by atoms with Gasteiger partial charge in [-0.05, 0) is 25.0 Å². The highest BCUT2D eigenvalue weighted by atomic mass is 16.5. The summed E-state index contributed by atoms with van der Waals surface area (Å²) in [5.74, 6) is 0.329. The Balaban J connectivity index is 2.27. The number of carbonyl (C=O) groups excluding carboxylic acids is 1. The van der Waals surface area contributed by atoms with E-state index in [4.69, 9.17) is 13.6 Å². The molecule has 5 heteroatoms. The van der Waals surface area contributed by atoms with Gasteiger partial charge in [0.15, 0.2) is 11.5 Å². The maximum Gasteiger partial charge on any atom is 0.343 e. The lowest BCUT2D eigenvalue weighted by molar-refractivity contribution is -0.132. The van der Waals surface area contributed by atoms with Crippen molar-refractivity contribution in [1.82, 2.24) is 0 Å². The van der Waals surface area contributed by atoms with E-state index in [1.54, 1.807) is 13.0 Å². The molecule has 0 saturated carbocycles. The van der Waals surface area contributed by atoms with E-state index in [1.165, 1.54) is 6.92 Å². The van der Waals surface area contributed by atoms with Crippen molar-refractivity contribution in [1.29, 1.82) is 0 Å². The van der Waals surface area contributed by atoms with Crippen molar-refractivity contribution in [3.63, 3.8) is 0 Å². The van der Waals surface area contributed by atoms with Crippen molar-refractivity contribution in [2.75, 3.05) is 0 Å². The summed E-state index contributed by atoms with van der Waals surface area (Å²) in [6.07, 6.45) is 0. The lowest BCUT2D eigenvalue weighted by Crippen LogP contribution is -2.16. The van der Waals surface area contributed by atoms with Crippen LogP contribution in [0.5, 0.6) is 5.75 Å². The van der Waals surface area contributed by atoms with Crippen LogP contribution in [0, 0.1) is 6.92 Å². The average Bonchev–Trinajstić information content (AvgIpc) is 2.93. The molecule has 0 fully saturated rings. The molecule has 124 valence electrons. The highest BCUT2D eigenvalue weighted by Crippen LogP contribution is 2.36. The molecule has 3 rings (SSSR count). The summed E-state index contributed by atoms with van der Waals surface area (Å²) in [4.78, 5) is 23.9. The van der Waals surface area contributed by atoms with Crippen LogP contribution in [0.1, 0.15) is 37.8 Å². The zero-order valence-electron chi connectivity index (χ0n) is 14.0. The van der Waals surface area contributed by atoms with E-state index in [1.807, 2.05) is 38.1 Å². The number of rotatable bonds is 3. The van der Waals surface area contributed by atoms with Crippen LogP contribution in [0.2, 0.25) is 0 Å². The van der Waals surface area contributed by atoms with Crippen LogP contribution in [0.15, 0.2) is 44.0 Å². The standard InChI is InChI=1S/C19H18O5/c1-10(2)16-18(22-12(4)20)11(3)17(24-19(16)21)15-9-13-7-5-6-8-14(13)23-15/h5-10H,1-4H3. The van der Waals surface area contributed by atoms with E-state index in [2.05, 4.69) is 0 Å². The van der Waals surface area contributed by atoms with Crippen molar-refractivity contribution >= 4 is 16.9 Å². The second-order valence-corrected chi connectivity index (χ2v) is 5.98. The largest absolute Gasteiger partial charge is 0.453 e. The molecule has 0 aliphatic rings. The normalized spacial score (nSPS) is 11.2. The van der Waals surface area contributed by atoms with Gasteiger partial charge >= 0.3 is 11.6 Å². The molecule has 2 aromatic heterocycles. The summed E-state index contributed by atoms with van der Waals surface area (Å²) in [6.45, 7) is 6.74. The number of furan rings is 1. The Kier molecular flexibility index (Phi) is 4.01. The topological polar surface area (TPSA) is 69.7 Å².